The third-order valence-electron chi connectivity index (χ3n) is 2.58. The van der Waals surface area contributed by atoms with Crippen LogP contribution in [0.5, 0.6) is 0 Å². The summed E-state index contributed by atoms with van der Waals surface area (Å²) >= 11 is 0. The Morgan fingerprint density at radius 3 is 2.62 bits per heavy atom. The van der Waals surface area contributed by atoms with Gasteiger partial charge in [-0.3, -0.25) is 0 Å². The van der Waals surface area contributed by atoms with E-state index in [-0.39, 0.29) is 6.04 Å². The summed E-state index contributed by atoms with van der Waals surface area (Å²) in [6.45, 7) is 13.2. The summed E-state index contributed by atoms with van der Waals surface area (Å²) in [4.78, 5) is 16.4. The SMILES string of the molecule is [CH2]CCC([CH2])N(c1ccccn1)N(N)C(=O)OC(C)(C)C. The Hall–Kier alpha value is -1.82. The smallest absolute Gasteiger partial charge is 0.441 e. The van der Waals surface area contributed by atoms with Gasteiger partial charge in [0.05, 0.1) is 6.04 Å². The first kappa shape index (κ1) is 17.2. The Morgan fingerprint density at radius 2 is 2.14 bits per heavy atom. The number of hydrogen-bond acceptors (Lipinski definition) is 5. The van der Waals surface area contributed by atoms with Gasteiger partial charge in [-0.1, -0.05) is 19.4 Å². The summed E-state index contributed by atoms with van der Waals surface area (Å²) in [5.41, 5.74) is -0.631. The van der Waals surface area contributed by atoms with Crippen molar-refractivity contribution in [1.82, 2.24) is 10.1 Å². The third kappa shape index (κ3) is 5.23. The molecule has 0 bridgehead atoms. The first-order valence-electron chi connectivity index (χ1n) is 6.86. The lowest BCUT2D eigenvalue weighted by Crippen LogP contribution is -2.56. The van der Waals surface area contributed by atoms with E-state index >= 15 is 0 Å². The van der Waals surface area contributed by atoms with Crippen LogP contribution in [-0.4, -0.2) is 27.8 Å². The molecule has 1 atom stereocenters. The number of aromatic nitrogens is 1. The molecule has 1 amide bonds. The van der Waals surface area contributed by atoms with E-state index in [1.807, 2.05) is 6.07 Å². The van der Waals surface area contributed by atoms with Crippen LogP contribution in [0.2, 0.25) is 0 Å². The summed E-state index contributed by atoms with van der Waals surface area (Å²) in [6, 6.07) is 5.07. The maximum Gasteiger partial charge on any atom is 0.444 e. The molecule has 1 rings (SSSR count). The number of rotatable bonds is 5. The van der Waals surface area contributed by atoms with Crippen molar-refractivity contribution in [2.24, 2.45) is 5.84 Å². The minimum atomic E-state index is -0.661. The highest BCUT2D eigenvalue weighted by molar-refractivity contribution is 5.70. The van der Waals surface area contributed by atoms with Crippen molar-refractivity contribution in [3.8, 4) is 0 Å². The molecule has 21 heavy (non-hydrogen) atoms. The second-order valence-corrected chi connectivity index (χ2v) is 5.65. The molecule has 2 N–H and O–H groups in total. The van der Waals surface area contributed by atoms with E-state index in [0.29, 0.717) is 18.7 Å². The highest BCUT2D eigenvalue weighted by Crippen LogP contribution is 2.19. The van der Waals surface area contributed by atoms with E-state index < -0.39 is 11.7 Å². The lowest BCUT2D eigenvalue weighted by Gasteiger charge is -2.37. The molecule has 0 saturated carbocycles. The van der Waals surface area contributed by atoms with Crippen LogP contribution < -0.4 is 10.9 Å². The number of nitrogens with zero attached hydrogens (tertiary/aromatic N) is 3. The van der Waals surface area contributed by atoms with Crippen LogP contribution in [0.15, 0.2) is 24.4 Å². The fourth-order valence-electron chi connectivity index (χ4n) is 1.72. The molecule has 0 spiro atoms. The Balaban J connectivity index is 2.98. The minimum absolute atomic E-state index is 0.282. The number of nitrogens with two attached hydrogens (primary N) is 1. The van der Waals surface area contributed by atoms with Crippen LogP contribution in [0.1, 0.15) is 33.6 Å². The van der Waals surface area contributed by atoms with Crippen molar-refractivity contribution in [1.29, 1.82) is 0 Å². The quantitative estimate of drug-likeness (QED) is 0.513. The van der Waals surface area contributed by atoms with Gasteiger partial charge in [-0.25, -0.2) is 20.6 Å². The van der Waals surface area contributed by atoms with Crippen LogP contribution in [0.3, 0.4) is 0 Å². The van der Waals surface area contributed by atoms with E-state index in [0.717, 1.165) is 5.12 Å². The topological polar surface area (TPSA) is 71.7 Å². The van der Waals surface area contributed by atoms with E-state index in [9.17, 15) is 4.79 Å². The molecular formula is C15H24N4O2. The van der Waals surface area contributed by atoms with Crippen molar-refractivity contribution in [3.63, 3.8) is 0 Å². The number of hydrazine groups is 2. The van der Waals surface area contributed by atoms with Crippen molar-refractivity contribution < 1.29 is 9.53 Å². The molecule has 6 heteroatoms. The third-order valence-corrected chi connectivity index (χ3v) is 2.58. The van der Waals surface area contributed by atoms with Gasteiger partial charge < -0.3 is 4.74 Å². The van der Waals surface area contributed by atoms with Crippen molar-refractivity contribution in [2.45, 2.75) is 45.3 Å². The zero-order valence-corrected chi connectivity index (χ0v) is 13.0. The standard InChI is InChI=1S/C15H24N4O2/c1-6-9-12(2)18(13-10-7-8-11-17-13)19(16)14(20)21-15(3,4)5/h7-8,10-12H,1-2,6,9,16H2,3-5H3. The normalized spacial score (nSPS) is 12.7. The predicted molar refractivity (Wildman–Crippen MR) is 82.7 cm³/mol. The summed E-state index contributed by atoms with van der Waals surface area (Å²) < 4.78 is 5.28. The van der Waals surface area contributed by atoms with Crippen molar-refractivity contribution >= 4 is 11.9 Å². The Labute approximate surface area is 126 Å². The van der Waals surface area contributed by atoms with Crippen LogP contribution in [-0.2, 0) is 4.74 Å². The van der Waals surface area contributed by atoms with E-state index in [1.165, 1.54) is 5.01 Å². The van der Waals surface area contributed by atoms with Gasteiger partial charge in [0.15, 0.2) is 0 Å². The van der Waals surface area contributed by atoms with Gasteiger partial charge in [-0.15, -0.1) is 5.12 Å². The summed E-state index contributed by atoms with van der Waals surface area (Å²) in [5.74, 6) is 6.44. The molecule has 1 aromatic heterocycles. The molecule has 0 aromatic carbocycles. The molecule has 1 heterocycles. The molecule has 1 unspecified atom stereocenters. The zero-order chi connectivity index (χ0) is 16.0. The van der Waals surface area contributed by atoms with Crippen LogP contribution in [0, 0.1) is 13.8 Å². The van der Waals surface area contributed by atoms with Gasteiger partial charge in [-0.2, -0.15) is 0 Å². The minimum Gasteiger partial charge on any atom is -0.441 e. The van der Waals surface area contributed by atoms with Crippen LogP contribution in [0.25, 0.3) is 0 Å². The average Bonchev–Trinajstić information content (AvgIpc) is 2.38. The first-order chi connectivity index (χ1) is 9.76. The highest BCUT2D eigenvalue weighted by Gasteiger charge is 2.28. The molecule has 0 saturated heterocycles. The zero-order valence-electron chi connectivity index (χ0n) is 13.0. The Morgan fingerprint density at radius 1 is 1.48 bits per heavy atom. The highest BCUT2D eigenvalue weighted by atomic mass is 16.6. The van der Waals surface area contributed by atoms with Crippen LogP contribution in [0.4, 0.5) is 10.6 Å². The summed E-state index contributed by atoms with van der Waals surface area (Å²) in [5, 5.41) is 2.43. The number of hydrogen-bond donors (Lipinski definition) is 1. The lowest BCUT2D eigenvalue weighted by atomic mass is 10.2. The second-order valence-electron chi connectivity index (χ2n) is 5.65. The molecular weight excluding hydrogens is 268 g/mol. The number of amides is 1. The van der Waals surface area contributed by atoms with E-state index in [1.54, 1.807) is 39.1 Å². The predicted octanol–water partition coefficient (Wildman–Crippen LogP) is 2.73. The Bertz CT molecular complexity index is 445. The Kier molecular flexibility index (Phi) is 5.96. The van der Waals surface area contributed by atoms with Crippen molar-refractivity contribution in [2.75, 3.05) is 5.01 Å². The fraction of sp³-hybridized carbons (Fsp3) is 0.467. The molecule has 0 aliphatic carbocycles. The van der Waals surface area contributed by atoms with Gasteiger partial charge in [0.1, 0.15) is 11.4 Å². The maximum absolute atomic E-state index is 12.1. The van der Waals surface area contributed by atoms with Gasteiger partial charge in [-0.05, 0) is 46.2 Å². The first-order valence-corrected chi connectivity index (χ1v) is 6.86. The number of carbonyl (C=O) groups excluding carboxylic acids is 1. The molecule has 0 aliphatic rings. The number of carbonyl (C=O) groups is 1. The lowest BCUT2D eigenvalue weighted by molar-refractivity contribution is 0.0205. The van der Waals surface area contributed by atoms with E-state index in [4.69, 9.17) is 10.6 Å². The largest absolute Gasteiger partial charge is 0.444 e. The summed E-state index contributed by atoms with van der Waals surface area (Å²) in [7, 11) is 0. The van der Waals surface area contributed by atoms with Crippen molar-refractivity contribution in [3.05, 3.63) is 38.2 Å². The average molecular weight is 292 g/mol. The van der Waals surface area contributed by atoms with Crippen LogP contribution >= 0.6 is 0 Å². The maximum atomic E-state index is 12.1. The summed E-state index contributed by atoms with van der Waals surface area (Å²) in [6.07, 6.45) is 2.29. The fourth-order valence-corrected chi connectivity index (χ4v) is 1.72. The van der Waals surface area contributed by atoms with Gasteiger partial charge in [0.25, 0.3) is 0 Å². The number of pyridine rings is 1. The second kappa shape index (κ2) is 7.26. The van der Waals surface area contributed by atoms with E-state index in [2.05, 4.69) is 18.8 Å². The van der Waals surface area contributed by atoms with Gasteiger partial charge in [0, 0.05) is 6.20 Å². The molecule has 116 valence electrons. The molecule has 0 aliphatic heterocycles. The van der Waals surface area contributed by atoms with Gasteiger partial charge >= 0.3 is 6.09 Å². The number of ether oxygens (including phenoxy) is 1. The molecule has 0 fully saturated rings. The molecule has 1 aromatic rings. The van der Waals surface area contributed by atoms with Gasteiger partial charge in [0.2, 0.25) is 0 Å². The molecule has 2 radical (unpaired) electrons. The molecule has 6 nitrogen and oxygen atoms in total. The number of anilines is 1. The monoisotopic (exact) mass is 292 g/mol.